The number of hydrogen-bond acceptors (Lipinski definition) is 4. The van der Waals surface area contributed by atoms with Gasteiger partial charge in [-0.3, -0.25) is 4.79 Å². The van der Waals surface area contributed by atoms with Gasteiger partial charge in [-0.2, -0.15) is 13.2 Å². The third-order valence-corrected chi connectivity index (χ3v) is 4.98. The van der Waals surface area contributed by atoms with Crippen molar-refractivity contribution in [3.05, 3.63) is 58.1 Å². The van der Waals surface area contributed by atoms with Crippen molar-refractivity contribution in [3.63, 3.8) is 0 Å². The number of alkyl halides is 3. The molecule has 156 valence electrons. The number of halogens is 4. The molecule has 1 heterocycles. The van der Waals surface area contributed by atoms with Gasteiger partial charge in [-0.05, 0) is 48.9 Å². The molecule has 29 heavy (non-hydrogen) atoms. The molecule has 2 aromatic rings. The van der Waals surface area contributed by atoms with E-state index in [1.165, 1.54) is 13.2 Å². The van der Waals surface area contributed by atoms with Crippen molar-refractivity contribution < 1.29 is 22.7 Å². The molecular weight excluding hydrogens is 407 g/mol. The van der Waals surface area contributed by atoms with Crippen LogP contribution in [0.25, 0.3) is 0 Å². The first kappa shape index (κ1) is 21.3. The van der Waals surface area contributed by atoms with Crippen LogP contribution in [0.1, 0.15) is 27.9 Å². The SMILES string of the molecule is COc1ccc(CNC(=O)c2cc(C(F)(F)F)ccc2N[C@H]2CCNC2)cc1Cl. The van der Waals surface area contributed by atoms with Crippen LogP contribution in [-0.4, -0.2) is 32.1 Å². The lowest BCUT2D eigenvalue weighted by Crippen LogP contribution is -2.27. The van der Waals surface area contributed by atoms with Gasteiger partial charge in [0.05, 0.1) is 23.3 Å². The summed E-state index contributed by atoms with van der Waals surface area (Å²) in [6, 6.07) is 8.23. The van der Waals surface area contributed by atoms with Gasteiger partial charge in [-0.1, -0.05) is 17.7 Å². The van der Waals surface area contributed by atoms with Crippen LogP contribution in [0.3, 0.4) is 0 Å². The zero-order valence-electron chi connectivity index (χ0n) is 15.7. The van der Waals surface area contributed by atoms with Crippen molar-refractivity contribution in [1.29, 1.82) is 0 Å². The Morgan fingerprint density at radius 1 is 1.28 bits per heavy atom. The van der Waals surface area contributed by atoms with E-state index in [1.807, 2.05) is 0 Å². The van der Waals surface area contributed by atoms with Gasteiger partial charge < -0.3 is 20.7 Å². The molecule has 1 amide bonds. The Balaban J connectivity index is 1.79. The van der Waals surface area contributed by atoms with Gasteiger partial charge in [0.2, 0.25) is 0 Å². The summed E-state index contributed by atoms with van der Waals surface area (Å²) in [4.78, 5) is 12.7. The van der Waals surface area contributed by atoms with E-state index in [9.17, 15) is 18.0 Å². The van der Waals surface area contributed by atoms with Crippen molar-refractivity contribution >= 4 is 23.2 Å². The average Bonchev–Trinajstić information content (AvgIpc) is 3.18. The first-order valence-electron chi connectivity index (χ1n) is 9.07. The first-order valence-corrected chi connectivity index (χ1v) is 9.45. The number of amides is 1. The molecule has 0 saturated carbocycles. The number of nitrogens with one attached hydrogen (secondary N) is 3. The summed E-state index contributed by atoms with van der Waals surface area (Å²) >= 11 is 6.07. The van der Waals surface area contributed by atoms with E-state index in [-0.39, 0.29) is 18.2 Å². The summed E-state index contributed by atoms with van der Waals surface area (Å²) < 4.78 is 44.5. The van der Waals surface area contributed by atoms with Crippen LogP contribution >= 0.6 is 11.6 Å². The molecule has 0 spiro atoms. The highest BCUT2D eigenvalue weighted by atomic mass is 35.5. The summed E-state index contributed by atoms with van der Waals surface area (Å²) in [5, 5.41) is 9.38. The van der Waals surface area contributed by atoms with Gasteiger partial charge in [0.1, 0.15) is 5.75 Å². The van der Waals surface area contributed by atoms with Crippen LogP contribution in [0.2, 0.25) is 5.02 Å². The maximum absolute atomic E-state index is 13.1. The van der Waals surface area contributed by atoms with Crippen LogP contribution in [0.5, 0.6) is 5.75 Å². The third kappa shape index (κ3) is 5.33. The van der Waals surface area contributed by atoms with Gasteiger partial charge in [0, 0.05) is 24.8 Å². The molecule has 0 aliphatic carbocycles. The van der Waals surface area contributed by atoms with Crippen LogP contribution in [-0.2, 0) is 12.7 Å². The topological polar surface area (TPSA) is 62.4 Å². The van der Waals surface area contributed by atoms with Crippen LogP contribution in [0, 0.1) is 0 Å². The van der Waals surface area contributed by atoms with Crippen LogP contribution in [0.4, 0.5) is 18.9 Å². The van der Waals surface area contributed by atoms with E-state index in [0.717, 1.165) is 25.1 Å². The van der Waals surface area contributed by atoms with E-state index in [0.29, 0.717) is 28.6 Å². The molecule has 0 aromatic heterocycles. The number of anilines is 1. The van der Waals surface area contributed by atoms with Crippen molar-refractivity contribution in [3.8, 4) is 5.75 Å². The fraction of sp³-hybridized carbons (Fsp3) is 0.350. The fourth-order valence-electron chi connectivity index (χ4n) is 3.13. The normalized spacial score (nSPS) is 16.5. The molecule has 0 unspecified atom stereocenters. The summed E-state index contributed by atoms with van der Waals surface area (Å²) in [6.45, 7) is 1.62. The summed E-state index contributed by atoms with van der Waals surface area (Å²) in [5.74, 6) is -0.104. The summed E-state index contributed by atoms with van der Waals surface area (Å²) in [7, 11) is 1.49. The molecule has 0 radical (unpaired) electrons. The lowest BCUT2D eigenvalue weighted by molar-refractivity contribution is -0.137. The molecule has 3 rings (SSSR count). The van der Waals surface area contributed by atoms with Crippen molar-refractivity contribution in [2.45, 2.75) is 25.2 Å². The minimum Gasteiger partial charge on any atom is -0.495 e. The molecule has 1 aliphatic rings. The highest BCUT2D eigenvalue weighted by Gasteiger charge is 2.32. The van der Waals surface area contributed by atoms with E-state index in [1.54, 1.807) is 18.2 Å². The van der Waals surface area contributed by atoms with Crippen molar-refractivity contribution in [1.82, 2.24) is 10.6 Å². The Labute approximate surface area is 171 Å². The van der Waals surface area contributed by atoms with Gasteiger partial charge in [-0.15, -0.1) is 0 Å². The quantitative estimate of drug-likeness (QED) is 0.650. The maximum Gasteiger partial charge on any atom is 0.416 e. The van der Waals surface area contributed by atoms with Gasteiger partial charge in [-0.25, -0.2) is 0 Å². The van der Waals surface area contributed by atoms with Gasteiger partial charge in [0.25, 0.3) is 5.91 Å². The molecule has 0 bridgehead atoms. The zero-order valence-corrected chi connectivity index (χ0v) is 16.5. The highest BCUT2D eigenvalue weighted by molar-refractivity contribution is 6.32. The minimum absolute atomic E-state index is 0.0497. The molecular formula is C20H21ClF3N3O2. The smallest absolute Gasteiger partial charge is 0.416 e. The van der Waals surface area contributed by atoms with Crippen LogP contribution < -0.4 is 20.7 Å². The lowest BCUT2D eigenvalue weighted by atomic mass is 10.1. The lowest BCUT2D eigenvalue weighted by Gasteiger charge is -2.18. The zero-order chi connectivity index (χ0) is 21.0. The number of hydrogen-bond donors (Lipinski definition) is 3. The Morgan fingerprint density at radius 3 is 2.69 bits per heavy atom. The van der Waals surface area contributed by atoms with Gasteiger partial charge >= 0.3 is 6.18 Å². The fourth-order valence-corrected chi connectivity index (χ4v) is 3.41. The standard InChI is InChI=1S/C20H21ClF3N3O2/c1-29-18-5-2-12(8-16(18)21)10-26-19(28)15-9-13(20(22,23)24)3-4-17(15)27-14-6-7-25-11-14/h2-5,8-9,14,25,27H,6-7,10-11H2,1H3,(H,26,28)/t14-/m0/s1. The number of carbonyl (C=O) groups is 1. The monoisotopic (exact) mass is 427 g/mol. The molecule has 1 aliphatic heterocycles. The largest absolute Gasteiger partial charge is 0.495 e. The highest BCUT2D eigenvalue weighted by Crippen LogP contribution is 2.32. The Morgan fingerprint density at radius 2 is 2.07 bits per heavy atom. The number of carbonyl (C=O) groups excluding carboxylic acids is 1. The van der Waals surface area contributed by atoms with Crippen LogP contribution in [0.15, 0.2) is 36.4 Å². The first-order chi connectivity index (χ1) is 13.8. The summed E-state index contributed by atoms with van der Waals surface area (Å²) in [6.07, 6.45) is -3.71. The molecule has 5 nitrogen and oxygen atoms in total. The molecule has 3 N–H and O–H groups in total. The predicted octanol–water partition coefficient (Wildman–Crippen LogP) is 4.07. The third-order valence-electron chi connectivity index (χ3n) is 4.68. The number of methoxy groups -OCH3 is 1. The molecule has 1 fully saturated rings. The van der Waals surface area contributed by atoms with E-state index >= 15 is 0 Å². The van der Waals surface area contributed by atoms with E-state index in [4.69, 9.17) is 16.3 Å². The second-order valence-electron chi connectivity index (χ2n) is 6.74. The Kier molecular flexibility index (Phi) is 6.54. The number of benzene rings is 2. The molecule has 1 atom stereocenters. The Hall–Kier alpha value is -2.45. The second kappa shape index (κ2) is 8.92. The van der Waals surface area contributed by atoms with Crippen molar-refractivity contribution in [2.75, 3.05) is 25.5 Å². The predicted molar refractivity (Wildman–Crippen MR) is 106 cm³/mol. The van der Waals surface area contributed by atoms with Gasteiger partial charge in [0.15, 0.2) is 0 Å². The van der Waals surface area contributed by atoms with E-state index in [2.05, 4.69) is 16.0 Å². The maximum atomic E-state index is 13.1. The number of rotatable bonds is 6. The molecule has 1 saturated heterocycles. The minimum atomic E-state index is -4.54. The van der Waals surface area contributed by atoms with Crippen molar-refractivity contribution in [2.24, 2.45) is 0 Å². The van der Waals surface area contributed by atoms with E-state index < -0.39 is 17.6 Å². The molecule has 2 aromatic carbocycles. The number of ether oxygens (including phenoxy) is 1. The summed E-state index contributed by atoms with van der Waals surface area (Å²) in [5.41, 5.74) is 0.152. The average molecular weight is 428 g/mol. The Bertz CT molecular complexity index is 884. The molecule has 9 heteroatoms. The second-order valence-corrected chi connectivity index (χ2v) is 7.15.